The Bertz CT molecular complexity index is 27.3. The first-order chi connectivity index (χ1) is 3.41. The molecule has 1 radical (unpaired) electrons. The van der Waals surface area contributed by atoms with E-state index in [0.717, 1.165) is 18.5 Å². The van der Waals surface area contributed by atoms with E-state index in [2.05, 4.69) is 15.9 Å². The molecule has 43 valence electrons. The number of hydrogen-bond donors (Lipinski definition) is 0. The van der Waals surface area contributed by atoms with Gasteiger partial charge in [-0.15, -0.1) is 0 Å². The van der Waals surface area contributed by atoms with E-state index in [1.165, 1.54) is 0 Å². The molecule has 0 saturated heterocycles. The standard InChI is InChI=1S/C5H10BrO/c1-2-7-5-3-4-6/h3H,2,4-5H2,1H3. The zero-order valence-corrected chi connectivity index (χ0v) is 6.07. The average molecular weight is 166 g/mol. The lowest BCUT2D eigenvalue weighted by Crippen LogP contribution is -1.93. The van der Waals surface area contributed by atoms with Crippen molar-refractivity contribution in [2.75, 3.05) is 18.5 Å². The Morgan fingerprint density at radius 3 is 2.86 bits per heavy atom. The average Bonchev–Trinajstić information content (AvgIpc) is 1.69. The first-order valence-corrected chi connectivity index (χ1v) is 3.49. The fraction of sp³-hybridized carbons (Fsp3) is 0.800. The van der Waals surface area contributed by atoms with Crippen LogP contribution in [0.25, 0.3) is 0 Å². The largest absolute Gasteiger partial charge is 0.381 e. The fourth-order valence-corrected chi connectivity index (χ4v) is 0.433. The smallest absolute Gasteiger partial charge is 0.0505 e. The van der Waals surface area contributed by atoms with Crippen molar-refractivity contribution >= 4 is 15.9 Å². The first kappa shape index (κ1) is 7.44. The van der Waals surface area contributed by atoms with E-state index in [1.807, 2.05) is 13.3 Å². The van der Waals surface area contributed by atoms with Crippen molar-refractivity contribution in [3.05, 3.63) is 6.42 Å². The van der Waals surface area contributed by atoms with Crippen LogP contribution in [0.15, 0.2) is 0 Å². The van der Waals surface area contributed by atoms with Crippen molar-refractivity contribution in [2.24, 2.45) is 0 Å². The van der Waals surface area contributed by atoms with Crippen LogP contribution in [0.3, 0.4) is 0 Å². The van der Waals surface area contributed by atoms with Crippen LogP contribution in [0, 0.1) is 6.42 Å². The second-order valence-electron chi connectivity index (χ2n) is 1.10. The van der Waals surface area contributed by atoms with E-state index >= 15 is 0 Å². The maximum absolute atomic E-state index is 4.99. The van der Waals surface area contributed by atoms with Crippen LogP contribution in [0.5, 0.6) is 0 Å². The lowest BCUT2D eigenvalue weighted by atomic mass is 10.5. The quantitative estimate of drug-likeness (QED) is 0.455. The lowest BCUT2D eigenvalue weighted by Gasteiger charge is -1.93. The van der Waals surface area contributed by atoms with Crippen molar-refractivity contribution in [2.45, 2.75) is 6.92 Å². The summed E-state index contributed by atoms with van der Waals surface area (Å²) in [5.74, 6) is 0. The molecule has 0 bridgehead atoms. The zero-order valence-electron chi connectivity index (χ0n) is 4.48. The van der Waals surface area contributed by atoms with Crippen molar-refractivity contribution in [3.8, 4) is 0 Å². The van der Waals surface area contributed by atoms with E-state index < -0.39 is 0 Å². The Morgan fingerprint density at radius 1 is 1.71 bits per heavy atom. The number of halogens is 1. The first-order valence-electron chi connectivity index (χ1n) is 2.37. The molecule has 7 heavy (non-hydrogen) atoms. The van der Waals surface area contributed by atoms with E-state index in [-0.39, 0.29) is 0 Å². The monoisotopic (exact) mass is 165 g/mol. The Balaban J connectivity index is 2.45. The molecule has 0 aromatic carbocycles. The van der Waals surface area contributed by atoms with Crippen molar-refractivity contribution in [3.63, 3.8) is 0 Å². The minimum absolute atomic E-state index is 0.766. The molecule has 0 aliphatic carbocycles. The molecule has 2 heteroatoms. The Labute approximate surface area is 53.2 Å². The minimum Gasteiger partial charge on any atom is -0.381 e. The van der Waals surface area contributed by atoms with Gasteiger partial charge in [0.1, 0.15) is 0 Å². The highest BCUT2D eigenvalue weighted by Gasteiger charge is 1.80. The van der Waals surface area contributed by atoms with Crippen molar-refractivity contribution < 1.29 is 4.74 Å². The molecule has 0 atom stereocenters. The number of hydrogen-bond acceptors (Lipinski definition) is 1. The summed E-state index contributed by atoms with van der Waals surface area (Å²) in [6.45, 7) is 3.56. The normalized spacial score (nSPS) is 9.43. The molecule has 0 aliphatic heterocycles. The molecule has 0 amide bonds. The van der Waals surface area contributed by atoms with Gasteiger partial charge in [0.2, 0.25) is 0 Å². The van der Waals surface area contributed by atoms with E-state index in [1.54, 1.807) is 0 Å². The second kappa shape index (κ2) is 6.44. The van der Waals surface area contributed by atoms with Crippen LogP contribution < -0.4 is 0 Å². The molecule has 0 unspecified atom stereocenters. The van der Waals surface area contributed by atoms with Gasteiger partial charge in [0.25, 0.3) is 0 Å². The van der Waals surface area contributed by atoms with Crippen LogP contribution in [0.4, 0.5) is 0 Å². The number of alkyl halides is 1. The Kier molecular flexibility index (Phi) is 6.84. The summed E-state index contributed by atoms with van der Waals surface area (Å²) in [6, 6.07) is 0. The van der Waals surface area contributed by atoms with Gasteiger partial charge >= 0.3 is 0 Å². The third-order valence-corrected chi connectivity index (χ3v) is 1.01. The third kappa shape index (κ3) is 6.44. The molecule has 0 N–H and O–H groups in total. The molecule has 0 fully saturated rings. The van der Waals surface area contributed by atoms with Gasteiger partial charge in [0.05, 0.1) is 6.61 Å². The molecule has 0 rings (SSSR count). The molecule has 0 spiro atoms. The highest BCUT2D eigenvalue weighted by atomic mass is 79.9. The lowest BCUT2D eigenvalue weighted by molar-refractivity contribution is 0.169. The third-order valence-electron chi connectivity index (χ3n) is 0.549. The van der Waals surface area contributed by atoms with Gasteiger partial charge in [0.15, 0.2) is 0 Å². The minimum atomic E-state index is 0.766. The summed E-state index contributed by atoms with van der Waals surface area (Å²) in [4.78, 5) is 0. The summed E-state index contributed by atoms with van der Waals surface area (Å²) in [5.41, 5.74) is 0. The molecule has 0 saturated carbocycles. The summed E-state index contributed by atoms with van der Waals surface area (Å²) in [7, 11) is 0. The molecule has 0 aromatic heterocycles. The molecular formula is C5H10BrO. The molecule has 1 nitrogen and oxygen atoms in total. The fourth-order valence-electron chi connectivity index (χ4n) is 0.246. The Morgan fingerprint density at radius 2 is 2.43 bits per heavy atom. The SMILES string of the molecule is CCOC[CH]CBr. The van der Waals surface area contributed by atoms with Gasteiger partial charge in [-0.2, -0.15) is 0 Å². The van der Waals surface area contributed by atoms with Crippen molar-refractivity contribution in [1.29, 1.82) is 0 Å². The molecule has 0 aliphatic rings. The van der Waals surface area contributed by atoms with E-state index in [0.29, 0.717) is 0 Å². The summed E-state index contributed by atoms with van der Waals surface area (Å²) in [5, 5.41) is 0.924. The second-order valence-corrected chi connectivity index (χ2v) is 1.75. The van der Waals surface area contributed by atoms with Crippen LogP contribution >= 0.6 is 15.9 Å². The summed E-state index contributed by atoms with van der Waals surface area (Å²) >= 11 is 3.24. The predicted molar refractivity (Wildman–Crippen MR) is 34.6 cm³/mol. The summed E-state index contributed by atoms with van der Waals surface area (Å²) < 4.78 is 4.99. The number of ether oxygens (including phenoxy) is 1. The Hall–Kier alpha value is 0.440. The van der Waals surface area contributed by atoms with Gasteiger partial charge in [-0.3, -0.25) is 0 Å². The van der Waals surface area contributed by atoms with Crippen LogP contribution in [-0.2, 0) is 4.74 Å². The highest BCUT2D eigenvalue weighted by molar-refractivity contribution is 9.09. The van der Waals surface area contributed by atoms with Crippen molar-refractivity contribution in [1.82, 2.24) is 0 Å². The van der Waals surface area contributed by atoms with Crippen LogP contribution in [-0.4, -0.2) is 18.5 Å². The summed E-state index contributed by atoms with van der Waals surface area (Å²) in [6.07, 6.45) is 2.03. The van der Waals surface area contributed by atoms with Gasteiger partial charge < -0.3 is 4.74 Å². The van der Waals surface area contributed by atoms with Gasteiger partial charge in [-0.1, -0.05) is 15.9 Å². The predicted octanol–water partition coefficient (Wildman–Crippen LogP) is 1.62. The molecule has 0 aromatic rings. The topological polar surface area (TPSA) is 9.23 Å². The zero-order chi connectivity index (χ0) is 5.54. The van der Waals surface area contributed by atoms with Gasteiger partial charge in [-0.05, 0) is 13.3 Å². The maximum atomic E-state index is 4.99. The van der Waals surface area contributed by atoms with Crippen LogP contribution in [0.2, 0.25) is 0 Å². The van der Waals surface area contributed by atoms with E-state index in [4.69, 9.17) is 4.74 Å². The molecular weight excluding hydrogens is 156 g/mol. The van der Waals surface area contributed by atoms with Gasteiger partial charge in [0, 0.05) is 11.9 Å². The van der Waals surface area contributed by atoms with E-state index in [9.17, 15) is 0 Å². The number of rotatable bonds is 4. The molecule has 0 heterocycles. The van der Waals surface area contributed by atoms with Gasteiger partial charge in [-0.25, -0.2) is 0 Å². The van der Waals surface area contributed by atoms with Crippen LogP contribution in [0.1, 0.15) is 6.92 Å². The maximum Gasteiger partial charge on any atom is 0.0505 e. The highest BCUT2D eigenvalue weighted by Crippen LogP contribution is 1.85.